The summed E-state index contributed by atoms with van der Waals surface area (Å²) in [6.07, 6.45) is 3.76. The van der Waals surface area contributed by atoms with E-state index in [0.717, 1.165) is 23.5 Å². The number of fused-ring (bicyclic) bond motifs is 1. The Hall–Kier alpha value is -1.59. The highest BCUT2D eigenvalue weighted by Gasteiger charge is 2.29. The quantitative estimate of drug-likeness (QED) is 0.887. The number of piperidine rings is 1. The van der Waals surface area contributed by atoms with Crippen LogP contribution in [0.5, 0.6) is 5.75 Å². The van der Waals surface area contributed by atoms with E-state index in [2.05, 4.69) is 22.6 Å². The molecule has 0 spiro atoms. The molecule has 3 rings (SSSR count). The molecule has 2 aliphatic heterocycles. The first kappa shape index (κ1) is 14.4. The van der Waals surface area contributed by atoms with Crippen LogP contribution in [0.1, 0.15) is 30.9 Å². The Labute approximate surface area is 125 Å². The first-order valence-corrected chi connectivity index (χ1v) is 7.64. The predicted molar refractivity (Wildman–Crippen MR) is 82.6 cm³/mol. The lowest BCUT2D eigenvalue weighted by molar-refractivity contribution is -0.117. The molecule has 0 bridgehead atoms. The summed E-state index contributed by atoms with van der Waals surface area (Å²) in [5.74, 6) is 0.821. The summed E-state index contributed by atoms with van der Waals surface area (Å²) in [7, 11) is 3.95. The molecule has 0 saturated carbocycles. The minimum absolute atomic E-state index is 0.00309. The van der Waals surface area contributed by atoms with Crippen LogP contribution in [0.2, 0.25) is 0 Å². The van der Waals surface area contributed by atoms with Gasteiger partial charge in [0.25, 0.3) is 0 Å². The predicted octanol–water partition coefficient (Wildman–Crippen LogP) is 1.76. The normalized spacial score (nSPS) is 25.5. The lowest BCUT2D eigenvalue weighted by atomic mass is 10.0. The maximum absolute atomic E-state index is 11.8. The van der Waals surface area contributed by atoms with E-state index in [0.29, 0.717) is 12.6 Å². The molecule has 1 fully saturated rings. The van der Waals surface area contributed by atoms with Gasteiger partial charge < -0.3 is 20.3 Å². The van der Waals surface area contributed by atoms with Gasteiger partial charge in [0.15, 0.2) is 0 Å². The van der Waals surface area contributed by atoms with Crippen molar-refractivity contribution in [2.24, 2.45) is 0 Å². The van der Waals surface area contributed by atoms with Gasteiger partial charge in [0.05, 0.1) is 0 Å². The van der Waals surface area contributed by atoms with Gasteiger partial charge in [-0.15, -0.1) is 0 Å². The van der Waals surface area contributed by atoms with Gasteiger partial charge in [-0.3, -0.25) is 4.79 Å². The van der Waals surface area contributed by atoms with Crippen LogP contribution in [-0.2, 0) is 4.79 Å². The SMILES string of the molecule is CNC1C(=O)Nc2cc(OCC3CCCCN3C)ccc21. The molecular formula is C16H23N3O2. The number of nitrogens with one attached hydrogen (secondary N) is 2. The Kier molecular flexibility index (Phi) is 4.12. The van der Waals surface area contributed by atoms with Crippen LogP contribution in [0.4, 0.5) is 5.69 Å². The van der Waals surface area contributed by atoms with Gasteiger partial charge in [-0.2, -0.15) is 0 Å². The fourth-order valence-corrected chi connectivity index (χ4v) is 3.17. The first-order valence-electron chi connectivity index (χ1n) is 7.64. The first-order chi connectivity index (χ1) is 10.2. The summed E-state index contributed by atoms with van der Waals surface area (Å²) in [6.45, 7) is 1.86. The third-order valence-electron chi connectivity index (χ3n) is 4.51. The fourth-order valence-electron chi connectivity index (χ4n) is 3.17. The number of nitrogens with zero attached hydrogens (tertiary/aromatic N) is 1. The van der Waals surface area contributed by atoms with Crippen LogP contribution in [0.3, 0.4) is 0 Å². The summed E-state index contributed by atoms with van der Waals surface area (Å²) in [5, 5.41) is 5.91. The molecule has 0 aromatic heterocycles. The van der Waals surface area contributed by atoms with Crippen molar-refractivity contribution in [2.45, 2.75) is 31.3 Å². The summed E-state index contributed by atoms with van der Waals surface area (Å²) in [5.41, 5.74) is 1.85. The monoisotopic (exact) mass is 289 g/mol. The van der Waals surface area contributed by atoms with Crippen molar-refractivity contribution >= 4 is 11.6 Å². The zero-order valence-corrected chi connectivity index (χ0v) is 12.7. The zero-order chi connectivity index (χ0) is 14.8. The third kappa shape index (κ3) is 2.89. The Bertz CT molecular complexity index is 532. The van der Waals surface area contributed by atoms with Gasteiger partial charge in [0.2, 0.25) is 5.91 Å². The second-order valence-electron chi connectivity index (χ2n) is 5.90. The van der Waals surface area contributed by atoms with E-state index in [1.54, 1.807) is 7.05 Å². The molecular weight excluding hydrogens is 266 g/mol. The van der Waals surface area contributed by atoms with Crippen molar-refractivity contribution in [1.82, 2.24) is 10.2 Å². The van der Waals surface area contributed by atoms with E-state index in [9.17, 15) is 4.79 Å². The molecule has 5 heteroatoms. The molecule has 1 amide bonds. The number of likely N-dealkylation sites (N-methyl/N-ethyl adjacent to an activating group) is 2. The number of hydrogen-bond acceptors (Lipinski definition) is 4. The molecule has 1 saturated heterocycles. The number of hydrogen-bond donors (Lipinski definition) is 2. The number of likely N-dealkylation sites (tertiary alicyclic amines) is 1. The third-order valence-corrected chi connectivity index (χ3v) is 4.51. The second kappa shape index (κ2) is 6.03. The highest BCUT2D eigenvalue weighted by molar-refractivity contribution is 6.02. The lowest BCUT2D eigenvalue weighted by Crippen LogP contribution is -2.40. The molecule has 114 valence electrons. The van der Waals surface area contributed by atoms with Gasteiger partial charge in [-0.25, -0.2) is 0 Å². The second-order valence-corrected chi connectivity index (χ2v) is 5.90. The molecule has 5 nitrogen and oxygen atoms in total. The maximum atomic E-state index is 11.8. The molecule has 2 unspecified atom stereocenters. The largest absolute Gasteiger partial charge is 0.492 e. The molecule has 2 N–H and O–H groups in total. The van der Waals surface area contributed by atoms with Gasteiger partial charge >= 0.3 is 0 Å². The average Bonchev–Trinajstić information content (AvgIpc) is 2.80. The number of carbonyl (C=O) groups excluding carboxylic acids is 1. The Morgan fingerprint density at radius 2 is 2.29 bits per heavy atom. The summed E-state index contributed by atoms with van der Waals surface area (Å²) < 4.78 is 5.93. The van der Waals surface area contributed by atoms with Crippen molar-refractivity contribution in [3.63, 3.8) is 0 Å². The van der Waals surface area contributed by atoms with Crippen LogP contribution in [0, 0.1) is 0 Å². The number of anilines is 1. The van der Waals surface area contributed by atoms with Gasteiger partial charge in [-0.05, 0) is 39.5 Å². The minimum Gasteiger partial charge on any atom is -0.492 e. The molecule has 0 aliphatic carbocycles. The van der Waals surface area contributed by atoms with E-state index < -0.39 is 0 Å². The van der Waals surface area contributed by atoms with Crippen LogP contribution >= 0.6 is 0 Å². The molecule has 0 radical (unpaired) electrons. The Morgan fingerprint density at radius 3 is 3.05 bits per heavy atom. The van der Waals surface area contributed by atoms with Crippen molar-refractivity contribution in [2.75, 3.05) is 32.6 Å². The molecule has 21 heavy (non-hydrogen) atoms. The molecule has 1 aromatic rings. The fraction of sp³-hybridized carbons (Fsp3) is 0.562. The number of rotatable bonds is 4. The maximum Gasteiger partial charge on any atom is 0.246 e. The van der Waals surface area contributed by atoms with E-state index in [-0.39, 0.29) is 11.9 Å². The Morgan fingerprint density at radius 1 is 1.43 bits per heavy atom. The van der Waals surface area contributed by atoms with E-state index in [1.165, 1.54) is 19.3 Å². The number of carbonyl (C=O) groups is 1. The van der Waals surface area contributed by atoms with Crippen molar-refractivity contribution in [3.05, 3.63) is 23.8 Å². The lowest BCUT2D eigenvalue weighted by Gasteiger charge is -2.32. The Balaban J connectivity index is 1.65. The summed E-state index contributed by atoms with van der Waals surface area (Å²) in [6, 6.07) is 6.08. The van der Waals surface area contributed by atoms with Crippen molar-refractivity contribution in [3.8, 4) is 5.75 Å². The minimum atomic E-state index is -0.251. The highest BCUT2D eigenvalue weighted by Crippen LogP contribution is 2.33. The van der Waals surface area contributed by atoms with E-state index >= 15 is 0 Å². The highest BCUT2D eigenvalue weighted by atomic mass is 16.5. The topological polar surface area (TPSA) is 53.6 Å². The van der Waals surface area contributed by atoms with Crippen molar-refractivity contribution in [1.29, 1.82) is 0 Å². The van der Waals surface area contributed by atoms with Crippen molar-refractivity contribution < 1.29 is 9.53 Å². The zero-order valence-electron chi connectivity index (χ0n) is 12.7. The number of amides is 1. The molecule has 1 aromatic carbocycles. The molecule has 2 heterocycles. The van der Waals surface area contributed by atoms with E-state index in [4.69, 9.17) is 4.74 Å². The summed E-state index contributed by atoms with van der Waals surface area (Å²) in [4.78, 5) is 14.2. The summed E-state index contributed by atoms with van der Waals surface area (Å²) >= 11 is 0. The van der Waals surface area contributed by atoms with Gasteiger partial charge in [0, 0.05) is 23.4 Å². The van der Waals surface area contributed by atoms with Gasteiger partial charge in [0.1, 0.15) is 18.4 Å². The van der Waals surface area contributed by atoms with Crippen LogP contribution in [0.25, 0.3) is 0 Å². The smallest absolute Gasteiger partial charge is 0.246 e. The van der Waals surface area contributed by atoms with Gasteiger partial charge in [-0.1, -0.05) is 12.5 Å². The molecule has 2 atom stereocenters. The average molecular weight is 289 g/mol. The number of ether oxygens (including phenoxy) is 1. The standard InChI is InChI=1S/C16H23N3O2/c1-17-15-13-7-6-12(9-14(13)18-16(15)20)21-10-11-5-3-4-8-19(11)2/h6-7,9,11,15,17H,3-5,8,10H2,1-2H3,(H,18,20). The van der Waals surface area contributed by atoms with E-state index in [1.807, 2.05) is 18.2 Å². The number of benzene rings is 1. The van der Waals surface area contributed by atoms with Crippen LogP contribution in [0.15, 0.2) is 18.2 Å². The van der Waals surface area contributed by atoms with Crippen LogP contribution < -0.4 is 15.4 Å². The molecule has 2 aliphatic rings. The van der Waals surface area contributed by atoms with Crippen LogP contribution in [-0.4, -0.2) is 44.1 Å².